The molecule has 0 aliphatic rings. The van der Waals surface area contributed by atoms with E-state index in [0.717, 1.165) is 0 Å². The second-order valence-electron chi connectivity index (χ2n) is 5.68. The van der Waals surface area contributed by atoms with Gasteiger partial charge in [0, 0.05) is 11.9 Å². The van der Waals surface area contributed by atoms with Gasteiger partial charge in [0.1, 0.15) is 11.1 Å². The second-order valence-corrected chi connectivity index (χ2v) is 5.68. The zero-order chi connectivity index (χ0) is 15.6. The Morgan fingerprint density at radius 3 is 2.71 bits per heavy atom. The minimum Gasteiger partial charge on any atom is -0.422 e. The number of rotatable bonds is 4. The lowest BCUT2D eigenvalue weighted by molar-refractivity contribution is 0.0142. The van der Waals surface area contributed by atoms with Crippen LogP contribution in [-0.4, -0.2) is 23.2 Å². The van der Waals surface area contributed by atoms with E-state index >= 15 is 0 Å². The first-order valence-corrected chi connectivity index (χ1v) is 6.85. The van der Waals surface area contributed by atoms with Crippen molar-refractivity contribution in [3.05, 3.63) is 46.3 Å². The van der Waals surface area contributed by atoms with Crippen molar-refractivity contribution in [1.82, 2.24) is 5.32 Å². The Bertz CT molecular complexity index is 716. The van der Waals surface area contributed by atoms with Gasteiger partial charge in [-0.25, -0.2) is 4.79 Å². The lowest BCUT2D eigenvalue weighted by atomic mass is 9.92. The topological polar surface area (TPSA) is 79.5 Å². The van der Waals surface area contributed by atoms with E-state index in [4.69, 9.17) is 4.42 Å². The van der Waals surface area contributed by atoms with E-state index in [9.17, 15) is 14.7 Å². The first kappa shape index (κ1) is 15.3. The summed E-state index contributed by atoms with van der Waals surface area (Å²) in [7, 11) is 0. The first-order valence-electron chi connectivity index (χ1n) is 6.85. The highest BCUT2D eigenvalue weighted by atomic mass is 16.4. The highest BCUT2D eigenvalue weighted by molar-refractivity contribution is 5.96. The van der Waals surface area contributed by atoms with Crippen molar-refractivity contribution in [2.24, 2.45) is 5.92 Å². The fourth-order valence-electron chi connectivity index (χ4n) is 1.78. The molecule has 1 heterocycles. The van der Waals surface area contributed by atoms with Crippen molar-refractivity contribution in [3.8, 4) is 0 Å². The molecule has 0 fully saturated rings. The van der Waals surface area contributed by atoms with Gasteiger partial charge in [0.05, 0.1) is 5.60 Å². The zero-order valence-electron chi connectivity index (χ0n) is 12.3. The molecule has 0 aliphatic heterocycles. The second kappa shape index (κ2) is 5.69. The van der Waals surface area contributed by atoms with Crippen LogP contribution >= 0.6 is 0 Å². The Balaban J connectivity index is 2.24. The van der Waals surface area contributed by atoms with Crippen LogP contribution in [0.25, 0.3) is 11.0 Å². The van der Waals surface area contributed by atoms with E-state index in [1.54, 1.807) is 31.2 Å². The maximum absolute atomic E-state index is 12.1. The van der Waals surface area contributed by atoms with Gasteiger partial charge < -0.3 is 14.8 Å². The van der Waals surface area contributed by atoms with Gasteiger partial charge in [0.2, 0.25) is 0 Å². The van der Waals surface area contributed by atoms with Crippen LogP contribution in [0.1, 0.15) is 31.1 Å². The molecule has 21 heavy (non-hydrogen) atoms. The number of carbonyl (C=O) groups is 1. The number of nitrogens with one attached hydrogen (secondary N) is 1. The van der Waals surface area contributed by atoms with Gasteiger partial charge in [-0.2, -0.15) is 0 Å². The predicted octanol–water partition coefficient (Wildman–Crippen LogP) is 1.93. The molecule has 2 rings (SSSR count). The Kier molecular flexibility index (Phi) is 4.14. The van der Waals surface area contributed by atoms with Gasteiger partial charge in [-0.3, -0.25) is 4.79 Å². The predicted molar refractivity (Wildman–Crippen MR) is 80.3 cm³/mol. The Labute approximate surface area is 122 Å². The van der Waals surface area contributed by atoms with Crippen LogP contribution in [0.4, 0.5) is 0 Å². The van der Waals surface area contributed by atoms with Crippen molar-refractivity contribution >= 4 is 16.9 Å². The normalized spacial score (nSPS) is 14.1. The van der Waals surface area contributed by atoms with Crippen molar-refractivity contribution in [2.45, 2.75) is 26.4 Å². The molecule has 1 amide bonds. The molecule has 2 N–H and O–H groups in total. The van der Waals surface area contributed by atoms with Gasteiger partial charge in [-0.15, -0.1) is 0 Å². The summed E-state index contributed by atoms with van der Waals surface area (Å²) in [6.45, 7) is 5.42. The van der Waals surface area contributed by atoms with Crippen LogP contribution in [0, 0.1) is 5.92 Å². The largest absolute Gasteiger partial charge is 0.422 e. The number of hydrogen-bond acceptors (Lipinski definition) is 4. The number of fused-ring (bicyclic) bond motifs is 1. The van der Waals surface area contributed by atoms with E-state index in [2.05, 4.69) is 5.32 Å². The minimum atomic E-state index is -1.04. The van der Waals surface area contributed by atoms with E-state index in [0.29, 0.717) is 11.0 Å². The molecule has 0 saturated carbocycles. The third-order valence-electron chi connectivity index (χ3n) is 3.74. The number of benzene rings is 1. The average Bonchev–Trinajstić information content (AvgIpc) is 2.44. The molecule has 0 aliphatic carbocycles. The molecule has 0 radical (unpaired) electrons. The molecular formula is C16H19NO4. The van der Waals surface area contributed by atoms with Gasteiger partial charge in [-0.1, -0.05) is 32.0 Å². The summed E-state index contributed by atoms with van der Waals surface area (Å²) in [5.41, 5.74) is -1.34. The maximum atomic E-state index is 12.1. The van der Waals surface area contributed by atoms with Crippen LogP contribution < -0.4 is 10.9 Å². The molecule has 5 heteroatoms. The number of aliphatic hydroxyl groups is 1. The van der Waals surface area contributed by atoms with Crippen LogP contribution in [-0.2, 0) is 0 Å². The highest BCUT2D eigenvalue weighted by Crippen LogP contribution is 2.15. The Morgan fingerprint density at radius 2 is 2.05 bits per heavy atom. The maximum Gasteiger partial charge on any atom is 0.349 e. The van der Waals surface area contributed by atoms with Gasteiger partial charge >= 0.3 is 5.63 Å². The number of para-hydroxylation sites is 1. The number of hydrogen-bond donors (Lipinski definition) is 2. The molecule has 1 aromatic heterocycles. The van der Waals surface area contributed by atoms with E-state index in [1.807, 2.05) is 13.8 Å². The molecule has 0 bridgehead atoms. The summed E-state index contributed by atoms with van der Waals surface area (Å²) in [6.07, 6.45) is 0. The SMILES string of the molecule is CC(C)C(C)(O)CNC(=O)c1cc2ccccc2oc1=O. The molecule has 0 spiro atoms. The number of amides is 1. The summed E-state index contributed by atoms with van der Waals surface area (Å²) in [5.74, 6) is -0.568. The molecule has 5 nitrogen and oxygen atoms in total. The van der Waals surface area contributed by atoms with Crippen LogP contribution in [0.3, 0.4) is 0 Å². The molecule has 1 aromatic carbocycles. The fourth-order valence-corrected chi connectivity index (χ4v) is 1.78. The molecule has 1 atom stereocenters. The molecule has 1 unspecified atom stereocenters. The first-order chi connectivity index (χ1) is 9.81. The van der Waals surface area contributed by atoms with Crippen LogP contribution in [0.2, 0.25) is 0 Å². The van der Waals surface area contributed by atoms with Crippen LogP contribution in [0.5, 0.6) is 0 Å². The van der Waals surface area contributed by atoms with Gasteiger partial charge in [-0.05, 0) is 25.0 Å². The van der Waals surface area contributed by atoms with E-state index in [-0.39, 0.29) is 18.0 Å². The summed E-state index contributed by atoms with van der Waals surface area (Å²) in [5, 5.41) is 13.4. The van der Waals surface area contributed by atoms with Crippen molar-refractivity contribution in [3.63, 3.8) is 0 Å². The van der Waals surface area contributed by atoms with Crippen molar-refractivity contribution < 1.29 is 14.3 Å². The lowest BCUT2D eigenvalue weighted by Gasteiger charge is -2.27. The molecule has 112 valence electrons. The summed E-state index contributed by atoms with van der Waals surface area (Å²) < 4.78 is 5.11. The zero-order valence-corrected chi connectivity index (χ0v) is 12.3. The Morgan fingerprint density at radius 1 is 1.38 bits per heavy atom. The van der Waals surface area contributed by atoms with Crippen LogP contribution in [0.15, 0.2) is 39.5 Å². The third-order valence-corrected chi connectivity index (χ3v) is 3.74. The summed E-state index contributed by atoms with van der Waals surface area (Å²) >= 11 is 0. The van der Waals surface area contributed by atoms with Gasteiger partial charge in [0.15, 0.2) is 0 Å². The third kappa shape index (κ3) is 3.31. The molecule has 0 saturated heterocycles. The highest BCUT2D eigenvalue weighted by Gasteiger charge is 2.26. The van der Waals surface area contributed by atoms with E-state index < -0.39 is 17.1 Å². The van der Waals surface area contributed by atoms with Gasteiger partial charge in [0.25, 0.3) is 5.91 Å². The Hall–Kier alpha value is -2.14. The average molecular weight is 289 g/mol. The molecule has 2 aromatic rings. The fraction of sp³-hybridized carbons (Fsp3) is 0.375. The number of carbonyl (C=O) groups excluding carboxylic acids is 1. The minimum absolute atomic E-state index is 0.0224. The monoisotopic (exact) mass is 289 g/mol. The smallest absolute Gasteiger partial charge is 0.349 e. The molecular weight excluding hydrogens is 270 g/mol. The standard InChI is InChI=1S/C16H19NO4/c1-10(2)16(3,20)9-17-14(18)12-8-11-6-4-5-7-13(11)21-15(12)19/h4-8,10,20H,9H2,1-3H3,(H,17,18). The van der Waals surface area contributed by atoms with Crippen molar-refractivity contribution in [2.75, 3.05) is 6.54 Å². The lowest BCUT2D eigenvalue weighted by Crippen LogP contribution is -2.45. The summed E-state index contributed by atoms with van der Waals surface area (Å²) in [6, 6.07) is 8.49. The quantitative estimate of drug-likeness (QED) is 0.843. The summed E-state index contributed by atoms with van der Waals surface area (Å²) in [4.78, 5) is 23.9. The van der Waals surface area contributed by atoms with E-state index in [1.165, 1.54) is 6.07 Å². The van der Waals surface area contributed by atoms with Crippen molar-refractivity contribution in [1.29, 1.82) is 0 Å².